The minimum Gasteiger partial charge on any atom is -0.352 e. The molecule has 3 fully saturated rings. The Morgan fingerprint density at radius 2 is 1.88 bits per heavy atom. The van der Waals surface area contributed by atoms with Gasteiger partial charge < -0.3 is 10.2 Å². The molecule has 0 spiro atoms. The molecular formula is C27H34F2N2O2. The summed E-state index contributed by atoms with van der Waals surface area (Å²) in [5, 5.41) is 3.00. The molecule has 7 atom stereocenters. The van der Waals surface area contributed by atoms with Gasteiger partial charge in [0.1, 0.15) is 0 Å². The van der Waals surface area contributed by atoms with Crippen molar-refractivity contribution in [2.45, 2.75) is 65.0 Å². The number of nitrogens with one attached hydrogen (secondary N) is 1. The molecule has 1 heterocycles. The maximum absolute atomic E-state index is 13.5. The van der Waals surface area contributed by atoms with Crippen LogP contribution in [-0.4, -0.2) is 29.8 Å². The van der Waals surface area contributed by atoms with Crippen molar-refractivity contribution in [1.29, 1.82) is 0 Å². The third-order valence-electron chi connectivity index (χ3n) is 9.89. The van der Waals surface area contributed by atoms with Crippen LogP contribution in [0.1, 0.15) is 57.9 Å². The number of carbonyl (C=O) groups excluding carboxylic acids is 2. The maximum atomic E-state index is 13.5. The lowest BCUT2D eigenvalue weighted by Crippen LogP contribution is -2.59. The van der Waals surface area contributed by atoms with Gasteiger partial charge in [-0.05, 0) is 85.5 Å². The van der Waals surface area contributed by atoms with Crippen LogP contribution >= 0.6 is 0 Å². The van der Waals surface area contributed by atoms with Gasteiger partial charge in [0, 0.05) is 31.0 Å². The number of hydrogen-bond donors (Lipinski definition) is 1. The van der Waals surface area contributed by atoms with Crippen LogP contribution in [0.3, 0.4) is 0 Å². The molecule has 0 aromatic heterocycles. The molecule has 4 nitrogen and oxygen atoms in total. The zero-order chi connectivity index (χ0) is 23.5. The summed E-state index contributed by atoms with van der Waals surface area (Å²) in [6.07, 6.45) is 10.1. The molecule has 6 heteroatoms. The Hall–Kier alpha value is -2.24. The molecule has 3 aliphatic carbocycles. The third-order valence-corrected chi connectivity index (χ3v) is 9.89. The lowest BCUT2D eigenvalue weighted by atomic mass is 9.47. The monoisotopic (exact) mass is 456 g/mol. The molecule has 1 aromatic rings. The van der Waals surface area contributed by atoms with Gasteiger partial charge in [-0.1, -0.05) is 26.0 Å². The first kappa shape index (κ1) is 22.5. The lowest BCUT2D eigenvalue weighted by Gasteiger charge is -2.60. The summed E-state index contributed by atoms with van der Waals surface area (Å²) in [6, 6.07) is 4.03. The summed E-state index contributed by atoms with van der Waals surface area (Å²) in [5.74, 6) is -0.0673. The SMILES string of the molecule is CN1C(=O)C=C[C@]2(C)[C@H]3CC[C@]4(C)[C@@H](C(=O)NCc5ccc(F)c(F)c5)CC[C@H]4[C@@H]3CC[C@@H]12. The molecular weight excluding hydrogens is 422 g/mol. The second-order valence-electron chi connectivity index (χ2n) is 11.3. The van der Waals surface area contributed by atoms with Crippen LogP contribution < -0.4 is 5.32 Å². The van der Waals surface area contributed by atoms with Crippen LogP contribution in [0.4, 0.5) is 8.78 Å². The Morgan fingerprint density at radius 3 is 2.64 bits per heavy atom. The fourth-order valence-corrected chi connectivity index (χ4v) is 8.13. The molecule has 0 unspecified atom stereocenters. The van der Waals surface area contributed by atoms with Crippen LogP contribution in [0.25, 0.3) is 0 Å². The van der Waals surface area contributed by atoms with E-state index in [-0.39, 0.29) is 41.1 Å². The standard InChI is InChI=1S/C27H34F2N2O2/c1-26-12-10-19-17(5-9-23-27(19,2)13-11-24(32)31(23)3)18(26)6-7-20(26)25(33)30-15-16-4-8-21(28)22(29)14-16/h4,8,11,13-14,17-20,23H,5-7,9-10,12,15H2,1-3H3,(H,30,33)/t17-,18-,19-,20+,23+,26-,27+/m0/s1. The smallest absolute Gasteiger partial charge is 0.246 e. The Morgan fingerprint density at radius 1 is 1.09 bits per heavy atom. The molecule has 0 radical (unpaired) electrons. The number of amides is 2. The summed E-state index contributed by atoms with van der Waals surface area (Å²) in [7, 11) is 1.94. The van der Waals surface area contributed by atoms with E-state index >= 15 is 0 Å². The van der Waals surface area contributed by atoms with Crippen LogP contribution in [0.5, 0.6) is 0 Å². The Kier molecular flexibility index (Phi) is 5.41. The predicted molar refractivity (Wildman–Crippen MR) is 122 cm³/mol. The van der Waals surface area contributed by atoms with Crippen molar-refractivity contribution in [2.24, 2.45) is 34.5 Å². The van der Waals surface area contributed by atoms with Gasteiger partial charge in [0.25, 0.3) is 0 Å². The Labute approximate surface area is 194 Å². The Bertz CT molecular complexity index is 1010. The first-order valence-electron chi connectivity index (χ1n) is 12.3. The van der Waals surface area contributed by atoms with E-state index in [1.807, 2.05) is 11.9 Å². The molecule has 2 amide bonds. The van der Waals surface area contributed by atoms with Crippen molar-refractivity contribution in [3.8, 4) is 0 Å². The summed E-state index contributed by atoms with van der Waals surface area (Å²) in [4.78, 5) is 27.4. The van der Waals surface area contributed by atoms with Gasteiger partial charge in [0.05, 0.1) is 0 Å². The summed E-state index contributed by atoms with van der Waals surface area (Å²) in [5.41, 5.74) is 0.530. The van der Waals surface area contributed by atoms with Crippen LogP contribution in [0.15, 0.2) is 30.4 Å². The second kappa shape index (κ2) is 7.92. The molecule has 1 aliphatic heterocycles. The zero-order valence-electron chi connectivity index (χ0n) is 19.7. The van der Waals surface area contributed by atoms with E-state index in [9.17, 15) is 18.4 Å². The van der Waals surface area contributed by atoms with Gasteiger partial charge >= 0.3 is 0 Å². The molecule has 178 valence electrons. The minimum absolute atomic E-state index is 0.0000909. The van der Waals surface area contributed by atoms with Crippen LogP contribution in [-0.2, 0) is 16.1 Å². The minimum atomic E-state index is -0.888. The van der Waals surface area contributed by atoms with Gasteiger partial charge in [-0.15, -0.1) is 0 Å². The largest absolute Gasteiger partial charge is 0.352 e. The normalized spacial score (nSPS) is 39.6. The van der Waals surface area contributed by atoms with Gasteiger partial charge in [0.2, 0.25) is 11.8 Å². The maximum Gasteiger partial charge on any atom is 0.246 e. The first-order chi connectivity index (χ1) is 15.6. The fraction of sp³-hybridized carbons (Fsp3) is 0.630. The molecule has 33 heavy (non-hydrogen) atoms. The van der Waals surface area contributed by atoms with Gasteiger partial charge in [-0.2, -0.15) is 0 Å². The summed E-state index contributed by atoms with van der Waals surface area (Å²) >= 11 is 0. The highest BCUT2D eigenvalue weighted by atomic mass is 19.2. The van der Waals surface area contributed by atoms with Crippen molar-refractivity contribution in [2.75, 3.05) is 7.05 Å². The average molecular weight is 457 g/mol. The molecule has 0 saturated heterocycles. The second-order valence-corrected chi connectivity index (χ2v) is 11.3. The molecule has 4 aliphatic rings. The number of rotatable bonds is 3. The van der Waals surface area contributed by atoms with E-state index in [2.05, 4.69) is 25.2 Å². The molecule has 5 rings (SSSR count). The van der Waals surface area contributed by atoms with E-state index in [0.29, 0.717) is 23.3 Å². The molecule has 0 bridgehead atoms. The van der Waals surface area contributed by atoms with Crippen molar-refractivity contribution >= 4 is 11.8 Å². The van der Waals surface area contributed by atoms with E-state index in [1.54, 1.807) is 6.08 Å². The molecule has 1 aromatic carbocycles. The van der Waals surface area contributed by atoms with E-state index in [0.717, 1.165) is 50.7 Å². The first-order valence-corrected chi connectivity index (χ1v) is 12.3. The van der Waals surface area contributed by atoms with Crippen molar-refractivity contribution in [3.63, 3.8) is 0 Å². The highest BCUT2D eigenvalue weighted by Gasteiger charge is 2.61. The van der Waals surface area contributed by atoms with E-state index in [1.165, 1.54) is 6.07 Å². The van der Waals surface area contributed by atoms with Crippen LogP contribution in [0.2, 0.25) is 0 Å². The van der Waals surface area contributed by atoms with Crippen molar-refractivity contribution in [1.82, 2.24) is 10.2 Å². The lowest BCUT2D eigenvalue weighted by molar-refractivity contribution is -0.142. The zero-order valence-corrected chi connectivity index (χ0v) is 19.7. The number of carbonyl (C=O) groups is 2. The summed E-state index contributed by atoms with van der Waals surface area (Å²) < 4.78 is 26.7. The number of hydrogen-bond acceptors (Lipinski definition) is 2. The topological polar surface area (TPSA) is 49.4 Å². The number of likely N-dealkylation sites (N-methyl/N-ethyl adjacent to an activating group) is 1. The van der Waals surface area contributed by atoms with Crippen molar-refractivity contribution < 1.29 is 18.4 Å². The molecule has 1 N–H and O–H groups in total. The van der Waals surface area contributed by atoms with E-state index < -0.39 is 11.6 Å². The fourth-order valence-electron chi connectivity index (χ4n) is 8.13. The van der Waals surface area contributed by atoms with E-state index in [4.69, 9.17) is 0 Å². The van der Waals surface area contributed by atoms with Crippen LogP contribution in [0, 0.1) is 46.1 Å². The third kappa shape index (κ3) is 3.43. The highest BCUT2D eigenvalue weighted by molar-refractivity contribution is 5.89. The highest BCUT2D eigenvalue weighted by Crippen LogP contribution is 2.65. The van der Waals surface area contributed by atoms with Gasteiger partial charge in [-0.3, -0.25) is 9.59 Å². The molecule has 3 saturated carbocycles. The number of fused-ring (bicyclic) bond motifs is 5. The summed E-state index contributed by atoms with van der Waals surface area (Å²) in [6.45, 7) is 4.84. The average Bonchev–Trinajstić information content (AvgIpc) is 3.14. The predicted octanol–water partition coefficient (Wildman–Crippen LogP) is 4.84. The number of benzene rings is 1. The Balaban J connectivity index is 1.31. The van der Waals surface area contributed by atoms with Crippen molar-refractivity contribution in [3.05, 3.63) is 47.5 Å². The number of nitrogens with zero attached hydrogens (tertiary/aromatic N) is 1. The van der Waals surface area contributed by atoms with Gasteiger partial charge in [-0.25, -0.2) is 8.78 Å². The van der Waals surface area contributed by atoms with Gasteiger partial charge in [0.15, 0.2) is 11.6 Å². The number of halogens is 2. The quantitative estimate of drug-likeness (QED) is 0.708.